The molecule has 5 aromatic rings. The Kier molecular flexibility index (Phi) is 12.3. The van der Waals surface area contributed by atoms with E-state index in [-0.39, 0.29) is 0 Å². The van der Waals surface area contributed by atoms with Gasteiger partial charge in [-0.25, -0.2) is 0 Å². The normalized spacial score (nSPS) is 9.56. The molecule has 0 aliphatic carbocycles. The maximum atomic E-state index is 4.93. The summed E-state index contributed by atoms with van der Waals surface area (Å²) in [5.41, 5.74) is 5.30. The summed E-state index contributed by atoms with van der Waals surface area (Å²) >= 11 is -0.826. The molecule has 0 saturated heterocycles. The van der Waals surface area contributed by atoms with E-state index in [9.17, 15) is 0 Å². The van der Waals surface area contributed by atoms with Crippen LogP contribution in [0.1, 0.15) is 11.1 Å². The monoisotopic (exact) mass is 552 g/mol. The molecular formula is C28H28Cl2SiZr. The Bertz CT molecular complexity index is 1160. The zero-order chi connectivity index (χ0) is 23.3. The Hall–Kier alpha value is -1.44. The van der Waals surface area contributed by atoms with Crippen molar-refractivity contribution in [1.82, 2.24) is 0 Å². The molecule has 32 heavy (non-hydrogen) atoms. The van der Waals surface area contributed by atoms with Crippen LogP contribution in [0.3, 0.4) is 0 Å². The predicted molar refractivity (Wildman–Crippen MR) is 143 cm³/mol. The summed E-state index contributed by atoms with van der Waals surface area (Å²) in [5.74, 6) is 0. The fourth-order valence-corrected chi connectivity index (χ4v) is 3.56. The fraction of sp³-hybridized carbons (Fsp3) is 0.143. The third-order valence-electron chi connectivity index (χ3n) is 4.74. The molecule has 0 saturated carbocycles. The first-order chi connectivity index (χ1) is 15.5. The average molecular weight is 555 g/mol. The van der Waals surface area contributed by atoms with Crippen molar-refractivity contribution >= 4 is 48.1 Å². The molecule has 0 amide bonds. The second kappa shape index (κ2) is 14.7. The van der Waals surface area contributed by atoms with Crippen molar-refractivity contribution in [1.29, 1.82) is 0 Å². The first-order valence-electron chi connectivity index (χ1n) is 10.4. The van der Waals surface area contributed by atoms with Crippen LogP contribution < -0.4 is 0 Å². The van der Waals surface area contributed by atoms with Gasteiger partial charge in [-0.2, -0.15) is 12.1 Å². The molecule has 0 unspecified atom stereocenters. The second-order valence-electron chi connectivity index (χ2n) is 7.44. The SMILES string of the molecule is C[Si]C.Cc1cc2c(-c3ccccc3)cccc2[cH-]1.Cc1cc2ccccc2[cH-]1.[Cl][Zr+2][Cl]. The van der Waals surface area contributed by atoms with Crippen LogP contribution in [0.5, 0.6) is 0 Å². The number of aryl methyl sites for hydroxylation is 2. The van der Waals surface area contributed by atoms with Gasteiger partial charge in [0.05, 0.1) is 0 Å². The first kappa shape index (κ1) is 26.8. The summed E-state index contributed by atoms with van der Waals surface area (Å²) in [6, 6.07) is 34.4. The number of hydrogen-bond acceptors (Lipinski definition) is 0. The van der Waals surface area contributed by atoms with Crippen LogP contribution >= 0.6 is 17.0 Å². The topological polar surface area (TPSA) is 0 Å². The van der Waals surface area contributed by atoms with Crippen LogP contribution in [0.15, 0.2) is 97.1 Å². The molecule has 0 spiro atoms. The predicted octanol–water partition coefficient (Wildman–Crippen LogP) is 9.56. The van der Waals surface area contributed by atoms with E-state index in [4.69, 9.17) is 17.0 Å². The molecule has 2 radical (unpaired) electrons. The Morgan fingerprint density at radius 1 is 0.688 bits per heavy atom. The molecule has 4 heteroatoms. The molecule has 162 valence electrons. The van der Waals surface area contributed by atoms with E-state index in [2.05, 4.69) is 124 Å². The summed E-state index contributed by atoms with van der Waals surface area (Å²) in [7, 11) is 11.0. The Balaban J connectivity index is 0.000000194. The minimum atomic E-state index is -0.826. The summed E-state index contributed by atoms with van der Waals surface area (Å²) in [4.78, 5) is 0. The van der Waals surface area contributed by atoms with Crippen LogP contribution in [-0.4, -0.2) is 9.52 Å². The molecular weight excluding hydrogens is 527 g/mol. The summed E-state index contributed by atoms with van der Waals surface area (Å²) in [6.45, 7) is 8.58. The van der Waals surface area contributed by atoms with E-state index in [0.29, 0.717) is 0 Å². The molecule has 0 aromatic heterocycles. The van der Waals surface area contributed by atoms with Crippen LogP contribution in [0.25, 0.3) is 32.7 Å². The molecule has 0 aliphatic heterocycles. The Labute approximate surface area is 213 Å². The van der Waals surface area contributed by atoms with Gasteiger partial charge < -0.3 is 0 Å². The second-order valence-corrected chi connectivity index (χ2v) is 12.2. The number of halogens is 2. The third-order valence-corrected chi connectivity index (χ3v) is 4.74. The van der Waals surface area contributed by atoms with Crippen molar-refractivity contribution in [3.8, 4) is 11.1 Å². The van der Waals surface area contributed by atoms with E-state index in [1.165, 1.54) is 43.8 Å². The first-order valence-corrected chi connectivity index (χ1v) is 18.7. The van der Waals surface area contributed by atoms with Crippen molar-refractivity contribution in [2.24, 2.45) is 0 Å². The van der Waals surface area contributed by atoms with Crippen LogP contribution in [0.2, 0.25) is 13.1 Å². The van der Waals surface area contributed by atoms with Gasteiger partial charge in [-0.05, 0) is 5.56 Å². The molecule has 5 aromatic carbocycles. The molecule has 0 aliphatic rings. The van der Waals surface area contributed by atoms with Crippen LogP contribution in [0.4, 0.5) is 0 Å². The standard InChI is InChI=1S/C16H13.C10H9.C2H6Si.2ClH.Zr/c1-12-10-14-8-5-9-15(16(14)11-12)13-6-3-2-4-7-13;1-8-6-9-4-2-3-5-10(9)7-8;1-3-2;;;/h2-11H,1H3;2-7H,1H3;1-2H3;2*1H;/q2*-1;;;;+4/p-2. The van der Waals surface area contributed by atoms with E-state index in [1.54, 1.807) is 0 Å². The number of fused-ring (bicyclic) bond motifs is 2. The average Bonchev–Trinajstić information content (AvgIpc) is 3.36. The van der Waals surface area contributed by atoms with Crippen molar-refractivity contribution in [3.05, 3.63) is 108 Å². The molecule has 0 atom stereocenters. The molecule has 5 rings (SSSR count). The van der Waals surface area contributed by atoms with Gasteiger partial charge in [-0.1, -0.05) is 75.0 Å². The molecule has 0 heterocycles. The van der Waals surface area contributed by atoms with Crippen molar-refractivity contribution in [2.45, 2.75) is 26.9 Å². The quantitative estimate of drug-likeness (QED) is 0.143. The third kappa shape index (κ3) is 8.16. The zero-order valence-electron chi connectivity index (χ0n) is 19.0. The number of rotatable bonds is 1. The summed E-state index contributed by atoms with van der Waals surface area (Å²) in [5, 5.41) is 5.38. The van der Waals surface area contributed by atoms with Gasteiger partial charge in [0.2, 0.25) is 0 Å². The van der Waals surface area contributed by atoms with Gasteiger partial charge in [0.15, 0.2) is 0 Å². The van der Waals surface area contributed by atoms with Crippen LogP contribution in [-0.2, 0) is 20.8 Å². The van der Waals surface area contributed by atoms with E-state index >= 15 is 0 Å². The summed E-state index contributed by atoms with van der Waals surface area (Å²) < 4.78 is 0. The van der Waals surface area contributed by atoms with Crippen molar-refractivity contribution in [2.75, 3.05) is 0 Å². The molecule has 0 fully saturated rings. The van der Waals surface area contributed by atoms with Gasteiger partial charge in [-0.3, -0.25) is 0 Å². The zero-order valence-corrected chi connectivity index (χ0v) is 24.0. The molecule has 0 N–H and O–H groups in total. The van der Waals surface area contributed by atoms with Gasteiger partial charge in [-0.15, -0.1) is 75.1 Å². The number of benzene rings is 3. The Morgan fingerprint density at radius 2 is 1.22 bits per heavy atom. The maximum absolute atomic E-state index is 4.93. The van der Waals surface area contributed by atoms with E-state index in [0.717, 1.165) is 9.52 Å². The minimum absolute atomic E-state index is 0.826. The van der Waals surface area contributed by atoms with Gasteiger partial charge in [0, 0.05) is 9.52 Å². The van der Waals surface area contributed by atoms with Gasteiger partial charge >= 0.3 is 37.9 Å². The van der Waals surface area contributed by atoms with Crippen LogP contribution in [0, 0.1) is 13.8 Å². The Morgan fingerprint density at radius 3 is 1.88 bits per heavy atom. The fourth-order valence-electron chi connectivity index (χ4n) is 3.56. The van der Waals surface area contributed by atoms with Gasteiger partial charge in [0.25, 0.3) is 0 Å². The van der Waals surface area contributed by atoms with Gasteiger partial charge in [0.1, 0.15) is 0 Å². The van der Waals surface area contributed by atoms with E-state index < -0.39 is 20.8 Å². The summed E-state index contributed by atoms with van der Waals surface area (Å²) in [6.07, 6.45) is 0. The molecule has 0 nitrogen and oxygen atoms in total. The molecule has 0 bridgehead atoms. The van der Waals surface area contributed by atoms with E-state index in [1.807, 2.05) is 0 Å². The van der Waals surface area contributed by atoms with Crippen molar-refractivity contribution < 1.29 is 20.8 Å². The number of hydrogen-bond donors (Lipinski definition) is 0. The van der Waals surface area contributed by atoms with Crippen molar-refractivity contribution in [3.63, 3.8) is 0 Å².